The monoisotopic (exact) mass is 262 g/mol. The Hall–Kier alpha value is -1.49. The molecule has 19 heavy (non-hydrogen) atoms. The minimum absolute atomic E-state index is 0.284. The quantitative estimate of drug-likeness (QED) is 0.457. The third-order valence-corrected chi connectivity index (χ3v) is 2.72. The molecule has 0 aliphatic rings. The van der Waals surface area contributed by atoms with Crippen LogP contribution in [-0.2, 0) is 4.79 Å². The molecule has 0 aromatic heterocycles. The van der Waals surface area contributed by atoms with Gasteiger partial charge in [0.05, 0.1) is 0 Å². The Labute approximate surface area is 117 Å². The van der Waals surface area contributed by atoms with Gasteiger partial charge in [-0.05, 0) is 44.3 Å². The van der Waals surface area contributed by atoms with Gasteiger partial charge in [-0.3, -0.25) is 4.79 Å². The average Bonchev–Trinajstić information content (AvgIpc) is 2.39. The fourth-order valence-corrected chi connectivity index (χ4v) is 1.61. The van der Waals surface area contributed by atoms with Crippen LogP contribution < -0.4 is 0 Å². The Morgan fingerprint density at radius 1 is 0.947 bits per heavy atom. The van der Waals surface area contributed by atoms with Gasteiger partial charge in [0.1, 0.15) is 0 Å². The molecule has 0 bridgehead atoms. The van der Waals surface area contributed by atoms with Gasteiger partial charge in [-0.1, -0.05) is 50.2 Å². The Bertz CT molecular complexity index is 329. The van der Waals surface area contributed by atoms with Crippen molar-refractivity contribution in [3.05, 3.63) is 24.3 Å². The van der Waals surface area contributed by atoms with Gasteiger partial charge in [0.2, 0.25) is 0 Å². The standard InChI is InChI=1S/C17H26O2/c1-2-3-4-5-6-7-8-9-10-11-12-13-14-15-16-17(18)19/h6-7,10-11H,2-5,12-16H2,1H3,(H,18,19)/b7-6+,11-10-. The molecule has 0 aliphatic carbocycles. The number of unbranched alkanes of at least 4 members (excludes halogenated alkanes) is 6. The number of aliphatic carboxylic acids is 1. The summed E-state index contributed by atoms with van der Waals surface area (Å²) < 4.78 is 0. The van der Waals surface area contributed by atoms with E-state index in [2.05, 4.69) is 30.9 Å². The van der Waals surface area contributed by atoms with Crippen LogP contribution in [0, 0.1) is 11.8 Å². The van der Waals surface area contributed by atoms with Gasteiger partial charge in [-0.2, -0.15) is 0 Å². The summed E-state index contributed by atoms with van der Waals surface area (Å²) in [5.74, 6) is 5.26. The second-order valence-corrected chi connectivity index (χ2v) is 4.58. The highest BCUT2D eigenvalue weighted by molar-refractivity contribution is 5.66. The van der Waals surface area contributed by atoms with E-state index in [1.807, 2.05) is 12.2 Å². The largest absolute Gasteiger partial charge is 0.481 e. The highest BCUT2D eigenvalue weighted by atomic mass is 16.4. The molecular formula is C17H26O2. The van der Waals surface area contributed by atoms with Crippen LogP contribution >= 0.6 is 0 Å². The van der Waals surface area contributed by atoms with E-state index in [-0.39, 0.29) is 6.42 Å². The van der Waals surface area contributed by atoms with Crippen LogP contribution in [0.2, 0.25) is 0 Å². The second-order valence-electron chi connectivity index (χ2n) is 4.58. The maximum absolute atomic E-state index is 10.3. The molecule has 0 rings (SSSR count). The van der Waals surface area contributed by atoms with Gasteiger partial charge in [-0.25, -0.2) is 0 Å². The van der Waals surface area contributed by atoms with E-state index in [4.69, 9.17) is 5.11 Å². The highest BCUT2D eigenvalue weighted by Gasteiger charge is 1.94. The number of hydrogen-bond acceptors (Lipinski definition) is 1. The Morgan fingerprint density at radius 2 is 1.53 bits per heavy atom. The zero-order valence-corrected chi connectivity index (χ0v) is 12.0. The van der Waals surface area contributed by atoms with E-state index in [1.165, 1.54) is 19.3 Å². The van der Waals surface area contributed by atoms with Crippen molar-refractivity contribution in [3.63, 3.8) is 0 Å². The van der Waals surface area contributed by atoms with Gasteiger partial charge >= 0.3 is 5.97 Å². The fraction of sp³-hybridized carbons (Fsp3) is 0.588. The van der Waals surface area contributed by atoms with Crippen molar-refractivity contribution in [1.29, 1.82) is 0 Å². The molecule has 0 fully saturated rings. The van der Waals surface area contributed by atoms with Crippen molar-refractivity contribution < 1.29 is 9.90 Å². The maximum Gasteiger partial charge on any atom is 0.303 e. The number of carbonyl (C=O) groups is 1. The molecule has 0 saturated heterocycles. The highest BCUT2D eigenvalue weighted by Crippen LogP contribution is 2.03. The topological polar surface area (TPSA) is 37.3 Å². The first-order chi connectivity index (χ1) is 9.27. The summed E-state index contributed by atoms with van der Waals surface area (Å²) in [7, 11) is 0. The van der Waals surface area contributed by atoms with Gasteiger partial charge in [0.15, 0.2) is 0 Å². The molecule has 2 heteroatoms. The molecule has 2 nitrogen and oxygen atoms in total. The summed E-state index contributed by atoms with van der Waals surface area (Å²) in [6, 6.07) is 0. The first-order valence-corrected chi connectivity index (χ1v) is 7.30. The van der Waals surface area contributed by atoms with E-state index >= 15 is 0 Å². The van der Waals surface area contributed by atoms with E-state index in [0.717, 1.165) is 32.1 Å². The zero-order chi connectivity index (χ0) is 14.2. The van der Waals surface area contributed by atoms with Gasteiger partial charge < -0.3 is 5.11 Å². The van der Waals surface area contributed by atoms with E-state index < -0.39 is 5.97 Å². The Kier molecular flexibility index (Phi) is 13.4. The molecule has 0 unspecified atom stereocenters. The Morgan fingerprint density at radius 3 is 2.05 bits per heavy atom. The SMILES string of the molecule is CCCCC/C=C/C#C/C=C\CCCCCC(=O)O. The lowest BCUT2D eigenvalue weighted by atomic mass is 10.1. The van der Waals surface area contributed by atoms with Crippen LogP contribution in [0.1, 0.15) is 64.7 Å². The lowest BCUT2D eigenvalue weighted by Gasteiger charge is -1.94. The predicted octanol–water partition coefficient (Wildman–Crippen LogP) is 4.72. The first kappa shape index (κ1) is 17.5. The van der Waals surface area contributed by atoms with Gasteiger partial charge in [0.25, 0.3) is 0 Å². The van der Waals surface area contributed by atoms with Gasteiger partial charge in [-0.15, -0.1) is 0 Å². The number of rotatable bonds is 10. The third-order valence-electron chi connectivity index (χ3n) is 2.72. The smallest absolute Gasteiger partial charge is 0.303 e. The molecule has 0 aliphatic heterocycles. The lowest BCUT2D eigenvalue weighted by molar-refractivity contribution is -0.137. The molecule has 0 amide bonds. The molecule has 0 radical (unpaired) electrons. The van der Waals surface area contributed by atoms with Crippen LogP contribution in [0.3, 0.4) is 0 Å². The van der Waals surface area contributed by atoms with Crippen LogP contribution in [-0.4, -0.2) is 11.1 Å². The summed E-state index contributed by atoms with van der Waals surface area (Å²) in [6.07, 6.45) is 17.0. The summed E-state index contributed by atoms with van der Waals surface area (Å²) in [5.41, 5.74) is 0. The summed E-state index contributed by atoms with van der Waals surface area (Å²) in [5, 5.41) is 8.47. The molecule has 0 aromatic rings. The molecular weight excluding hydrogens is 236 g/mol. The molecule has 106 valence electrons. The first-order valence-electron chi connectivity index (χ1n) is 7.30. The molecule has 1 N–H and O–H groups in total. The summed E-state index contributed by atoms with van der Waals surface area (Å²) in [4.78, 5) is 10.3. The lowest BCUT2D eigenvalue weighted by Crippen LogP contribution is -1.93. The van der Waals surface area contributed by atoms with Crippen LogP contribution in [0.4, 0.5) is 0 Å². The van der Waals surface area contributed by atoms with Crippen LogP contribution in [0.5, 0.6) is 0 Å². The summed E-state index contributed by atoms with van der Waals surface area (Å²) in [6.45, 7) is 2.20. The van der Waals surface area contributed by atoms with E-state index in [9.17, 15) is 4.79 Å². The van der Waals surface area contributed by atoms with Crippen molar-refractivity contribution in [1.82, 2.24) is 0 Å². The van der Waals surface area contributed by atoms with E-state index in [0.29, 0.717) is 0 Å². The number of allylic oxidation sites excluding steroid dienone is 4. The minimum atomic E-state index is -0.702. The molecule has 0 heterocycles. The van der Waals surface area contributed by atoms with Crippen molar-refractivity contribution >= 4 is 5.97 Å². The van der Waals surface area contributed by atoms with Crippen LogP contribution in [0.15, 0.2) is 24.3 Å². The van der Waals surface area contributed by atoms with Crippen LogP contribution in [0.25, 0.3) is 0 Å². The summed E-state index contributed by atoms with van der Waals surface area (Å²) >= 11 is 0. The molecule has 0 aromatic carbocycles. The normalized spacial score (nSPS) is 10.8. The minimum Gasteiger partial charge on any atom is -0.481 e. The fourth-order valence-electron chi connectivity index (χ4n) is 1.61. The molecule has 0 atom stereocenters. The Balaban J connectivity index is 3.40. The third kappa shape index (κ3) is 16.5. The predicted molar refractivity (Wildman–Crippen MR) is 80.9 cm³/mol. The second kappa shape index (κ2) is 14.6. The average molecular weight is 262 g/mol. The molecule has 0 saturated carbocycles. The zero-order valence-electron chi connectivity index (χ0n) is 12.0. The van der Waals surface area contributed by atoms with Crippen molar-refractivity contribution in [3.8, 4) is 11.8 Å². The molecule has 0 spiro atoms. The van der Waals surface area contributed by atoms with Crippen molar-refractivity contribution in [2.45, 2.75) is 64.7 Å². The van der Waals surface area contributed by atoms with Gasteiger partial charge in [0, 0.05) is 6.42 Å². The maximum atomic E-state index is 10.3. The number of carboxylic acids is 1. The van der Waals surface area contributed by atoms with Crippen molar-refractivity contribution in [2.75, 3.05) is 0 Å². The van der Waals surface area contributed by atoms with E-state index in [1.54, 1.807) is 0 Å². The number of carboxylic acid groups (broad SMARTS) is 1. The van der Waals surface area contributed by atoms with Crippen molar-refractivity contribution in [2.24, 2.45) is 0 Å². The number of hydrogen-bond donors (Lipinski definition) is 1.